The fourth-order valence-electron chi connectivity index (χ4n) is 4.24. The molecule has 8 heteroatoms. The van der Waals surface area contributed by atoms with Crippen LogP contribution < -0.4 is 0 Å². The quantitative estimate of drug-likeness (QED) is 0.746. The van der Waals surface area contributed by atoms with Crippen molar-refractivity contribution in [3.05, 3.63) is 52.2 Å². The van der Waals surface area contributed by atoms with Gasteiger partial charge in [-0.1, -0.05) is 6.07 Å². The molecule has 0 saturated carbocycles. The second kappa shape index (κ2) is 8.27. The van der Waals surface area contributed by atoms with Crippen molar-refractivity contribution in [2.75, 3.05) is 19.6 Å². The fraction of sp³-hybridized carbons (Fsp3) is 0.429. The summed E-state index contributed by atoms with van der Waals surface area (Å²) in [5, 5.41) is 10.9. The molecule has 1 amide bonds. The Labute approximate surface area is 175 Å². The zero-order valence-electron chi connectivity index (χ0n) is 16.0. The predicted molar refractivity (Wildman–Crippen MR) is 111 cm³/mol. The van der Waals surface area contributed by atoms with Crippen molar-refractivity contribution in [1.29, 1.82) is 5.26 Å². The van der Waals surface area contributed by atoms with Crippen LogP contribution >= 0.6 is 11.3 Å². The SMILES string of the molecule is N#Cc1ccc(S(=O)(=O)N2CCC(C(=O)N3CCC[C@@H]3c3cccs3)CC2)cc1. The maximum Gasteiger partial charge on any atom is 0.243 e. The third-order valence-electron chi connectivity index (χ3n) is 5.83. The molecule has 6 nitrogen and oxygen atoms in total. The van der Waals surface area contributed by atoms with Crippen molar-refractivity contribution in [3.63, 3.8) is 0 Å². The summed E-state index contributed by atoms with van der Waals surface area (Å²) in [6.07, 6.45) is 3.10. The van der Waals surface area contributed by atoms with Gasteiger partial charge in [0.2, 0.25) is 15.9 Å². The van der Waals surface area contributed by atoms with E-state index in [4.69, 9.17) is 5.26 Å². The highest BCUT2D eigenvalue weighted by molar-refractivity contribution is 7.89. The van der Waals surface area contributed by atoms with Crippen molar-refractivity contribution in [1.82, 2.24) is 9.21 Å². The van der Waals surface area contributed by atoms with Gasteiger partial charge < -0.3 is 4.90 Å². The van der Waals surface area contributed by atoms with Gasteiger partial charge >= 0.3 is 0 Å². The molecule has 1 aromatic heterocycles. The first-order valence-corrected chi connectivity index (χ1v) is 12.2. The highest BCUT2D eigenvalue weighted by atomic mass is 32.2. The van der Waals surface area contributed by atoms with Crippen LogP contribution in [-0.4, -0.2) is 43.2 Å². The molecule has 0 spiro atoms. The number of hydrogen-bond acceptors (Lipinski definition) is 5. The van der Waals surface area contributed by atoms with Crippen molar-refractivity contribution in [2.45, 2.75) is 36.6 Å². The van der Waals surface area contributed by atoms with Gasteiger partial charge in [0, 0.05) is 30.4 Å². The number of piperidine rings is 1. The molecule has 0 aliphatic carbocycles. The molecule has 0 radical (unpaired) electrons. The molecule has 2 aliphatic rings. The molecule has 1 atom stereocenters. The molecule has 2 aromatic rings. The molecule has 2 fully saturated rings. The van der Waals surface area contributed by atoms with Gasteiger partial charge in [0.1, 0.15) is 0 Å². The number of hydrogen-bond donors (Lipinski definition) is 0. The summed E-state index contributed by atoms with van der Waals surface area (Å²) in [6.45, 7) is 1.47. The second-order valence-corrected chi connectivity index (χ2v) is 10.4. The Bertz CT molecular complexity index is 1000. The van der Waals surface area contributed by atoms with E-state index in [0.717, 1.165) is 19.4 Å². The smallest absolute Gasteiger partial charge is 0.243 e. The van der Waals surface area contributed by atoms with Gasteiger partial charge in [0.05, 0.1) is 22.6 Å². The molecule has 1 aromatic carbocycles. The van der Waals surface area contributed by atoms with Crippen LogP contribution in [0.5, 0.6) is 0 Å². The van der Waals surface area contributed by atoms with Crippen LogP contribution in [0.25, 0.3) is 0 Å². The summed E-state index contributed by atoms with van der Waals surface area (Å²) in [6, 6.07) is 12.3. The highest BCUT2D eigenvalue weighted by Gasteiger charge is 2.37. The van der Waals surface area contributed by atoms with E-state index < -0.39 is 10.0 Å². The van der Waals surface area contributed by atoms with E-state index in [1.54, 1.807) is 11.3 Å². The van der Waals surface area contributed by atoms with Crippen LogP contribution in [0.3, 0.4) is 0 Å². The van der Waals surface area contributed by atoms with E-state index in [-0.39, 0.29) is 22.8 Å². The lowest BCUT2D eigenvalue weighted by Gasteiger charge is -2.34. The number of nitriles is 1. The van der Waals surface area contributed by atoms with Crippen molar-refractivity contribution in [3.8, 4) is 6.07 Å². The first kappa shape index (κ1) is 20.1. The van der Waals surface area contributed by atoms with Gasteiger partial charge in [-0.25, -0.2) is 8.42 Å². The highest BCUT2D eigenvalue weighted by Crippen LogP contribution is 2.37. The van der Waals surface area contributed by atoms with Crippen LogP contribution in [0.4, 0.5) is 0 Å². The summed E-state index contributed by atoms with van der Waals surface area (Å²) >= 11 is 1.69. The Morgan fingerprint density at radius 3 is 2.41 bits per heavy atom. The summed E-state index contributed by atoms with van der Waals surface area (Å²) < 4.78 is 27.2. The maximum atomic E-state index is 13.1. The van der Waals surface area contributed by atoms with Crippen LogP contribution in [0.1, 0.15) is 42.2 Å². The van der Waals surface area contributed by atoms with Crippen molar-refractivity contribution in [2.24, 2.45) is 5.92 Å². The normalized spacial score (nSPS) is 21.2. The van der Waals surface area contributed by atoms with Gasteiger partial charge in [0.15, 0.2) is 0 Å². The van der Waals surface area contributed by atoms with E-state index in [1.807, 2.05) is 22.4 Å². The molecule has 29 heavy (non-hydrogen) atoms. The van der Waals surface area contributed by atoms with E-state index in [9.17, 15) is 13.2 Å². The zero-order valence-corrected chi connectivity index (χ0v) is 17.7. The van der Waals surface area contributed by atoms with Crippen LogP contribution in [0.2, 0.25) is 0 Å². The summed E-state index contributed by atoms with van der Waals surface area (Å²) in [5.41, 5.74) is 0.430. The van der Waals surface area contributed by atoms with E-state index in [1.165, 1.54) is 33.4 Å². The van der Waals surface area contributed by atoms with Gasteiger partial charge in [-0.05, 0) is 61.4 Å². The Morgan fingerprint density at radius 2 is 1.79 bits per heavy atom. The monoisotopic (exact) mass is 429 g/mol. The maximum absolute atomic E-state index is 13.1. The van der Waals surface area contributed by atoms with Crippen LogP contribution in [0, 0.1) is 17.2 Å². The first-order valence-electron chi connectivity index (χ1n) is 9.85. The topological polar surface area (TPSA) is 81.5 Å². The molecular formula is C21H23N3O3S2. The molecule has 0 unspecified atom stereocenters. The number of likely N-dealkylation sites (tertiary alicyclic amines) is 1. The number of carbonyl (C=O) groups is 1. The average Bonchev–Trinajstić information content (AvgIpc) is 3.45. The minimum atomic E-state index is -3.60. The molecular weight excluding hydrogens is 406 g/mol. The van der Waals surface area contributed by atoms with Gasteiger partial charge in [-0.2, -0.15) is 9.57 Å². The predicted octanol–water partition coefficient (Wildman–Crippen LogP) is 3.38. The first-order chi connectivity index (χ1) is 14.0. The molecule has 3 heterocycles. The Morgan fingerprint density at radius 1 is 1.07 bits per heavy atom. The molecule has 152 valence electrons. The number of amides is 1. The second-order valence-electron chi connectivity index (χ2n) is 7.52. The molecule has 2 aliphatic heterocycles. The number of thiophene rings is 1. The van der Waals surface area contributed by atoms with Crippen LogP contribution in [0.15, 0.2) is 46.7 Å². The average molecular weight is 430 g/mol. The van der Waals surface area contributed by atoms with Crippen LogP contribution in [-0.2, 0) is 14.8 Å². The fourth-order valence-corrected chi connectivity index (χ4v) is 6.58. The van der Waals surface area contributed by atoms with Gasteiger partial charge in [-0.3, -0.25) is 4.79 Å². The largest absolute Gasteiger partial charge is 0.335 e. The molecule has 2 saturated heterocycles. The lowest BCUT2D eigenvalue weighted by atomic mass is 9.96. The van der Waals surface area contributed by atoms with Crippen molar-refractivity contribution >= 4 is 27.3 Å². The van der Waals surface area contributed by atoms with E-state index >= 15 is 0 Å². The number of nitrogens with zero attached hydrogens (tertiary/aromatic N) is 3. The van der Waals surface area contributed by atoms with E-state index in [0.29, 0.717) is 31.5 Å². The van der Waals surface area contributed by atoms with Gasteiger partial charge in [-0.15, -0.1) is 11.3 Å². The minimum absolute atomic E-state index is 0.122. The standard InChI is InChI=1S/C21H23N3O3S2/c22-15-16-5-7-18(8-6-16)29(26,27)23-12-9-17(10-13-23)21(25)24-11-1-3-19(24)20-4-2-14-28-20/h2,4-8,14,17,19H,1,3,9-13H2/t19-/m1/s1. The lowest BCUT2D eigenvalue weighted by molar-refractivity contribution is -0.137. The number of carbonyl (C=O) groups excluding carboxylic acids is 1. The lowest BCUT2D eigenvalue weighted by Crippen LogP contribution is -2.44. The zero-order chi connectivity index (χ0) is 20.4. The number of sulfonamides is 1. The molecule has 0 N–H and O–H groups in total. The minimum Gasteiger partial charge on any atom is -0.335 e. The number of benzene rings is 1. The summed E-state index contributed by atoms with van der Waals surface area (Å²) in [7, 11) is -3.60. The summed E-state index contributed by atoms with van der Waals surface area (Å²) in [5.74, 6) is 0.0410. The third-order valence-corrected chi connectivity index (χ3v) is 8.72. The van der Waals surface area contributed by atoms with Crippen molar-refractivity contribution < 1.29 is 13.2 Å². The Kier molecular flexibility index (Phi) is 5.72. The third kappa shape index (κ3) is 3.95. The summed E-state index contributed by atoms with van der Waals surface area (Å²) in [4.78, 5) is 16.6. The van der Waals surface area contributed by atoms with Gasteiger partial charge in [0.25, 0.3) is 0 Å². The van der Waals surface area contributed by atoms with E-state index in [2.05, 4.69) is 6.07 Å². The molecule has 0 bridgehead atoms. The number of rotatable bonds is 4. The molecule has 4 rings (SSSR count). The Hall–Kier alpha value is -2.21. The Balaban J connectivity index is 1.41.